The first-order chi connectivity index (χ1) is 11.8. The maximum absolute atomic E-state index is 13.4. The number of fused-ring (bicyclic) bond motifs is 1. The van der Waals surface area contributed by atoms with E-state index < -0.39 is 23.5 Å². The zero-order valence-corrected chi connectivity index (χ0v) is 13.9. The number of aryl methyl sites for hydroxylation is 1. The summed E-state index contributed by atoms with van der Waals surface area (Å²) in [5, 5.41) is 18.8. The van der Waals surface area contributed by atoms with Gasteiger partial charge in [0.2, 0.25) is 0 Å². The van der Waals surface area contributed by atoms with E-state index in [9.17, 15) is 23.5 Å². The van der Waals surface area contributed by atoms with Crippen LogP contribution in [0.1, 0.15) is 17.0 Å². The third-order valence-electron chi connectivity index (χ3n) is 4.06. The molecule has 10 heteroatoms. The van der Waals surface area contributed by atoms with Gasteiger partial charge < -0.3 is 19.7 Å². The first kappa shape index (κ1) is 17.8. The molecule has 1 aliphatic rings. The third-order valence-corrected chi connectivity index (χ3v) is 4.52. The Morgan fingerprint density at radius 3 is 2.84 bits per heavy atom. The highest BCUT2D eigenvalue weighted by Crippen LogP contribution is 2.41. The van der Waals surface area contributed by atoms with Gasteiger partial charge in [0.05, 0.1) is 35.5 Å². The van der Waals surface area contributed by atoms with Crippen molar-refractivity contribution in [3.8, 4) is 6.07 Å². The van der Waals surface area contributed by atoms with Crippen molar-refractivity contribution in [1.82, 2.24) is 9.97 Å². The molecule has 0 saturated carbocycles. The smallest absolute Gasteiger partial charge is 0.394 e. The number of morpholine rings is 1. The van der Waals surface area contributed by atoms with Crippen LogP contribution in [0, 0.1) is 18.3 Å². The van der Waals surface area contributed by atoms with Crippen LogP contribution >= 0.6 is 11.6 Å². The molecule has 6 nitrogen and oxygen atoms in total. The number of aromatic amines is 1. The van der Waals surface area contributed by atoms with E-state index in [1.807, 2.05) is 0 Å². The molecule has 3 heterocycles. The molecule has 25 heavy (non-hydrogen) atoms. The summed E-state index contributed by atoms with van der Waals surface area (Å²) in [6, 6.07) is 1.63. The van der Waals surface area contributed by atoms with E-state index in [4.69, 9.17) is 16.3 Å². The summed E-state index contributed by atoms with van der Waals surface area (Å²) in [4.78, 5) is 8.13. The SMILES string of the molecule is Cc1[nH]c2c(N3CCO[C@H](CO)C3)c(C#N)c(C(F)(F)F)nc2c1Cl. The summed E-state index contributed by atoms with van der Waals surface area (Å²) in [5.74, 6) is 0. The van der Waals surface area contributed by atoms with Gasteiger partial charge >= 0.3 is 6.18 Å². The van der Waals surface area contributed by atoms with E-state index in [1.54, 1.807) is 17.9 Å². The Morgan fingerprint density at radius 1 is 1.52 bits per heavy atom. The van der Waals surface area contributed by atoms with Crippen molar-refractivity contribution in [2.24, 2.45) is 0 Å². The minimum Gasteiger partial charge on any atom is -0.394 e. The number of H-pyrrole nitrogens is 1. The minimum atomic E-state index is -4.80. The molecule has 0 unspecified atom stereocenters. The Balaban J connectivity index is 2.31. The van der Waals surface area contributed by atoms with Gasteiger partial charge in [0.1, 0.15) is 17.1 Å². The van der Waals surface area contributed by atoms with Crippen molar-refractivity contribution < 1.29 is 23.0 Å². The van der Waals surface area contributed by atoms with Gasteiger partial charge in [0.25, 0.3) is 0 Å². The average Bonchev–Trinajstić information content (AvgIpc) is 2.86. The van der Waals surface area contributed by atoms with Gasteiger partial charge in [-0.25, -0.2) is 4.98 Å². The lowest BCUT2D eigenvalue weighted by Crippen LogP contribution is -2.44. The van der Waals surface area contributed by atoms with Crippen molar-refractivity contribution in [3.63, 3.8) is 0 Å². The van der Waals surface area contributed by atoms with Crippen molar-refractivity contribution >= 4 is 28.3 Å². The molecule has 2 N–H and O–H groups in total. The van der Waals surface area contributed by atoms with Gasteiger partial charge in [-0.2, -0.15) is 18.4 Å². The number of hydrogen-bond donors (Lipinski definition) is 2. The zero-order valence-electron chi connectivity index (χ0n) is 13.1. The lowest BCUT2D eigenvalue weighted by molar-refractivity contribution is -0.141. The van der Waals surface area contributed by atoms with Crippen LogP contribution in [0.5, 0.6) is 0 Å². The molecule has 1 fully saturated rings. The number of halogens is 4. The number of hydrogen-bond acceptors (Lipinski definition) is 5. The second kappa shape index (κ2) is 6.37. The highest BCUT2D eigenvalue weighted by molar-refractivity contribution is 6.36. The van der Waals surface area contributed by atoms with Gasteiger partial charge in [-0.1, -0.05) is 11.6 Å². The summed E-state index contributed by atoms with van der Waals surface area (Å²) < 4.78 is 45.7. The summed E-state index contributed by atoms with van der Waals surface area (Å²) in [5.41, 5.74) is -1.07. The molecule has 1 saturated heterocycles. The van der Waals surface area contributed by atoms with Crippen LogP contribution in [0.25, 0.3) is 11.0 Å². The number of nitriles is 1. The highest BCUT2D eigenvalue weighted by atomic mass is 35.5. The molecule has 0 aliphatic carbocycles. The number of alkyl halides is 3. The van der Waals surface area contributed by atoms with Crippen LogP contribution in [0.4, 0.5) is 18.9 Å². The number of ether oxygens (including phenoxy) is 1. The first-order valence-electron chi connectivity index (χ1n) is 7.44. The monoisotopic (exact) mass is 374 g/mol. The maximum Gasteiger partial charge on any atom is 0.434 e. The lowest BCUT2D eigenvalue weighted by Gasteiger charge is -2.34. The first-order valence-corrected chi connectivity index (χ1v) is 7.82. The fourth-order valence-corrected chi connectivity index (χ4v) is 3.11. The van der Waals surface area contributed by atoms with Gasteiger partial charge in [-0.3, -0.25) is 0 Å². The molecule has 2 aromatic heterocycles. The summed E-state index contributed by atoms with van der Waals surface area (Å²) in [6.45, 7) is 1.98. The van der Waals surface area contributed by atoms with Gasteiger partial charge in [-0.05, 0) is 6.92 Å². The average molecular weight is 375 g/mol. The molecule has 0 bridgehead atoms. The minimum absolute atomic E-state index is 0.0347. The largest absolute Gasteiger partial charge is 0.434 e. The number of nitrogens with one attached hydrogen (secondary N) is 1. The Kier molecular flexibility index (Phi) is 4.53. The molecular formula is C15H14ClF3N4O2. The highest BCUT2D eigenvalue weighted by Gasteiger charge is 2.40. The van der Waals surface area contributed by atoms with Crippen LogP contribution < -0.4 is 4.90 Å². The van der Waals surface area contributed by atoms with Crippen LogP contribution in [0.3, 0.4) is 0 Å². The molecular weight excluding hydrogens is 361 g/mol. The van der Waals surface area contributed by atoms with E-state index in [2.05, 4.69) is 9.97 Å². The van der Waals surface area contributed by atoms with E-state index in [1.165, 1.54) is 0 Å². The molecule has 3 rings (SSSR count). The van der Waals surface area contributed by atoms with Crippen molar-refractivity contribution in [2.45, 2.75) is 19.2 Å². The molecule has 1 atom stereocenters. The van der Waals surface area contributed by atoms with Crippen LogP contribution in [-0.4, -0.2) is 47.5 Å². The number of anilines is 1. The number of aromatic nitrogens is 2. The topological polar surface area (TPSA) is 85.2 Å². The van der Waals surface area contributed by atoms with E-state index in [0.717, 1.165) is 0 Å². The molecule has 134 valence electrons. The number of rotatable bonds is 2. The maximum atomic E-state index is 13.4. The Morgan fingerprint density at radius 2 is 2.24 bits per heavy atom. The van der Waals surface area contributed by atoms with Crippen LogP contribution in [0.15, 0.2) is 0 Å². The van der Waals surface area contributed by atoms with Gasteiger partial charge in [0.15, 0.2) is 5.69 Å². The predicted octanol–water partition coefficient (Wildman–Crippen LogP) is 2.61. The number of aliphatic hydroxyl groups excluding tert-OH is 1. The quantitative estimate of drug-likeness (QED) is 0.844. The number of aliphatic hydroxyl groups is 1. The van der Waals surface area contributed by atoms with Gasteiger partial charge in [0, 0.05) is 18.8 Å². The lowest BCUT2D eigenvalue weighted by atomic mass is 10.1. The van der Waals surface area contributed by atoms with E-state index in [-0.39, 0.29) is 48.0 Å². The molecule has 0 spiro atoms. The Hall–Kier alpha value is -2.02. The predicted molar refractivity (Wildman–Crippen MR) is 84.6 cm³/mol. The normalized spacial score (nSPS) is 18.6. The molecule has 1 aliphatic heterocycles. The summed E-state index contributed by atoms with van der Waals surface area (Å²) in [7, 11) is 0. The standard InChI is InChI=1S/C15H14ClF3N4O2/c1-7-10(16)11-12(21-7)13(23-2-3-25-8(5-23)6-24)9(4-20)14(22-11)15(17,18)19/h8,21,24H,2-3,5-6H2,1H3/t8-/m0/s1. The Labute approximate surface area is 145 Å². The second-order valence-corrected chi connectivity index (χ2v) is 6.08. The second-order valence-electron chi connectivity index (χ2n) is 5.70. The van der Waals surface area contributed by atoms with Crippen molar-refractivity contribution in [1.29, 1.82) is 5.26 Å². The summed E-state index contributed by atoms with van der Waals surface area (Å²) in [6.07, 6.45) is -5.35. The Bertz CT molecular complexity index is 859. The van der Waals surface area contributed by atoms with Crippen molar-refractivity contribution in [3.05, 3.63) is 22.0 Å². The zero-order chi connectivity index (χ0) is 18.4. The van der Waals surface area contributed by atoms with Crippen LogP contribution in [0.2, 0.25) is 5.02 Å². The number of pyridine rings is 1. The van der Waals surface area contributed by atoms with E-state index in [0.29, 0.717) is 5.69 Å². The molecule has 2 aromatic rings. The van der Waals surface area contributed by atoms with Crippen LogP contribution in [-0.2, 0) is 10.9 Å². The van der Waals surface area contributed by atoms with Crippen molar-refractivity contribution in [2.75, 3.05) is 31.2 Å². The third kappa shape index (κ3) is 3.01. The molecule has 0 amide bonds. The number of nitrogens with zero attached hydrogens (tertiary/aromatic N) is 3. The van der Waals surface area contributed by atoms with E-state index >= 15 is 0 Å². The van der Waals surface area contributed by atoms with Gasteiger partial charge in [-0.15, -0.1) is 0 Å². The molecule has 0 radical (unpaired) electrons. The summed E-state index contributed by atoms with van der Waals surface area (Å²) >= 11 is 6.10. The molecule has 0 aromatic carbocycles. The fourth-order valence-electron chi connectivity index (χ4n) is 2.93. The fraction of sp³-hybridized carbons (Fsp3) is 0.467.